The number of allylic oxidation sites excluding steroid dienone is 1. The first kappa shape index (κ1) is 19.5. The molecule has 1 amide bonds. The normalized spacial score (nSPS) is 28.4. The molecule has 0 aromatic heterocycles. The zero-order valence-corrected chi connectivity index (χ0v) is 12.4. The SMILES string of the molecule is C/C=C\N1C(=NC=O)OC2CC(CO)OC21.CC.FCF. The van der Waals surface area contributed by atoms with Crippen LogP contribution in [0.3, 0.4) is 0 Å². The third-order valence-electron chi connectivity index (χ3n) is 2.57. The van der Waals surface area contributed by atoms with Crippen molar-refractivity contribution in [1.29, 1.82) is 0 Å². The number of amidine groups is 1. The van der Waals surface area contributed by atoms with E-state index in [9.17, 15) is 13.6 Å². The minimum atomic E-state index is -1.75. The number of hydrogen-bond donors (Lipinski definition) is 1. The highest BCUT2D eigenvalue weighted by Gasteiger charge is 2.47. The second-order valence-electron chi connectivity index (χ2n) is 3.73. The predicted molar refractivity (Wildman–Crippen MR) is 73.8 cm³/mol. The molecule has 0 spiro atoms. The topological polar surface area (TPSA) is 71.4 Å². The molecule has 0 saturated carbocycles. The quantitative estimate of drug-likeness (QED) is 0.804. The number of hydrogen-bond acceptors (Lipinski definition) is 4. The molecule has 1 N–H and O–H groups in total. The van der Waals surface area contributed by atoms with Gasteiger partial charge in [0.25, 0.3) is 0 Å². The van der Waals surface area contributed by atoms with Gasteiger partial charge in [-0.1, -0.05) is 19.9 Å². The van der Waals surface area contributed by atoms with Gasteiger partial charge in [0.1, 0.15) is 6.10 Å². The Morgan fingerprint density at radius 2 is 2.10 bits per heavy atom. The molecule has 2 aliphatic heterocycles. The van der Waals surface area contributed by atoms with Gasteiger partial charge in [-0.2, -0.15) is 4.99 Å². The van der Waals surface area contributed by atoms with E-state index in [0.29, 0.717) is 12.8 Å². The van der Waals surface area contributed by atoms with Gasteiger partial charge in [-0.15, -0.1) is 0 Å². The van der Waals surface area contributed by atoms with Gasteiger partial charge in [0.2, 0.25) is 13.3 Å². The van der Waals surface area contributed by atoms with Crippen molar-refractivity contribution in [2.24, 2.45) is 4.99 Å². The van der Waals surface area contributed by atoms with E-state index in [1.165, 1.54) is 0 Å². The molecule has 0 bridgehead atoms. The number of amides is 1. The van der Waals surface area contributed by atoms with Gasteiger partial charge in [0.05, 0.1) is 12.7 Å². The van der Waals surface area contributed by atoms with Crippen LogP contribution in [0, 0.1) is 0 Å². The zero-order valence-electron chi connectivity index (χ0n) is 12.4. The highest BCUT2D eigenvalue weighted by Crippen LogP contribution is 2.32. The van der Waals surface area contributed by atoms with Crippen molar-refractivity contribution in [2.75, 3.05) is 13.5 Å². The third kappa shape index (κ3) is 5.39. The van der Waals surface area contributed by atoms with Crippen molar-refractivity contribution < 1.29 is 28.2 Å². The summed E-state index contributed by atoms with van der Waals surface area (Å²) in [6.45, 7) is 4.07. The zero-order chi connectivity index (χ0) is 16.3. The first-order valence-electron chi connectivity index (χ1n) is 6.69. The molecule has 2 saturated heterocycles. The van der Waals surface area contributed by atoms with Crippen LogP contribution in [0.2, 0.25) is 0 Å². The first-order valence-corrected chi connectivity index (χ1v) is 6.69. The summed E-state index contributed by atoms with van der Waals surface area (Å²) in [4.78, 5) is 15.6. The summed E-state index contributed by atoms with van der Waals surface area (Å²) in [5.74, 6) is 0. The molecule has 0 radical (unpaired) electrons. The highest BCUT2D eigenvalue weighted by molar-refractivity contribution is 5.83. The molecule has 3 atom stereocenters. The van der Waals surface area contributed by atoms with Crippen LogP contribution in [-0.4, -0.2) is 54.4 Å². The summed E-state index contributed by atoms with van der Waals surface area (Å²) in [5.41, 5.74) is 0. The van der Waals surface area contributed by atoms with Crippen molar-refractivity contribution in [1.82, 2.24) is 4.90 Å². The third-order valence-corrected chi connectivity index (χ3v) is 2.57. The fourth-order valence-corrected chi connectivity index (χ4v) is 1.94. The van der Waals surface area contributed by atoms with Crippen molar-refractivity contribution >= 4 is 12.4 Å². The summed E-state index contributed by atoms with van der Waals surface area (Å²) < 4.78 is 30.3. The number of carbonyl (C=O) groups is 1. The van der Waals surface area contributed by atoms with E-state index in [2.05, 4.69) is 4.99 Å². The van der Waals surface area contributed by atoms with Crippen LogP contribution in [-0.2, 0) is 14.3 Å². The van der Waals surface area contributed by atoms with Gasteiger partial charge < -0.3 is 14.6 Å². The number of nitrogens with zero attached hydrogens (tertiary/aromatic N) is 2. The Morgan fingerprint density at radius 1 is 1.48 bits per heavy atom. The Bertz CT molecular complexity index is 353. The number of aliphatic hydroxyl groups excluding tert-OH is 1. The van der Waals surface area contributed by atoms with Gasteiger partial charge in [-0.3, -0.25) is 9.69 Å². The minimum Gasteiger partial charge on any atom is -0.456 e. The lowest BCUT2D eigenvalue weighted by atomic mass is 10.2. The fourth-order valence-electron chi connectivity index (χ4n) is 1.94. The minimum absolute atomic E-state index is 0.0276. The average Bonchev–Trinajstić information content (AvgIpc) is 3.02. The molecule has 0 aromatic rings. The summed E-state index contributed by atoms with van der Waals surface area (Å²) in [7, 11) is 0. The lowest BCUT2D eigenvalue weighted by molar-refractivity contribution is -0.106. The Balaban J connectivity index is 0.000000713. The summed E-state index contributed by atoms with van der Waals surface area (Å²) in [5, 5.41) is 9.00. The Hall–Kier alpha value is -1.54. The van der Waals surface area contributed by atoms with Crippen LogP contribution >= 0.6 is 0 Å². The molecule has 21 heavy (non-hydrogen) atoms. The number of fused-ring (bicyclic) bond motifs is 1. The van der Waals surface area contributed by atoms with Crippen molar-refractivity contribution in [3.63, 3.8) is 0 Å². The maximum absolute atomic E-state index is 10.4. The van der Waals surface area contributed by atoms with Crippen molar-refractivity contribution in [2.45, 2.75) is 45.6 Å². The summed E-state index contributed by atoms with van der Waals surface area (Å²) in [6, 6.07) is 0.250. The van der Waals surface area contributed by atoms with Gasteiger partial charge in [-0.05, 0) is 6.92 Å². The smallest absolute Gasteiger partial charge is 0.301 e. The van der Waals surface area contributed by atoms with Crippen LogP contribution in [0.5, 0.6) is 0 Å². The molecular weight excluding hydrogens is 286 g/mol. The van der Waals surface area contributed by atoms with Gasteiger partial charge in [-0.25, -0.2) is 8.78 Å². The Kier molecular flexibility index (Phi) is 10.3. The van der Waals surface area contributed by atoms with E-state index in [4.69, 9.17) is 14.6 Å². The van der Waals surface area contributed by atoms with Crippen LogP contribution in [0.25, 0.3) is 0 Å². The maximum atomic E-state index is 10.4. The molecule has 0 aliphatic carbocycles. The van der Waals surface area contributed by atoms with E-state index in [-0.39, 0.29) is 31.1 Å². The van der Waals surface area contributed by atoms with Gasteiger partial charge >= 0.3 is 6.02 Å². The standard InChI is InChI=1S/C10H14N2O4.C2H6.CH2F2/c1-2-3-12-9-8(4-7(5-13)15-9)16-10(12)11-6-14;1-2;2-1-3/h2-3,6-9,13H,4-5H2,1H3;1-2H3;1H2/b3-2-,11-10?;;. The number of aliphatic imine (C=N–C) groups is 1. The molecule has 2 rings (SSSR count). The van der Waals surface area contributed by atoms with Gasteiger partial charge in [0.15, 0.2) is 6.23 Å². The number of rotatable bonds is 3. The molecule has 2 fully saturated rings. The first-order chi connectivity index (χ1) is 10.2. The molecule has 2 aliphatic rings. The van der Waals surface area contributed by atoms with Crippen LogP contribution < -0.4 is 0 Å². The highest BCUT2D eigenvalue weighted by atomic mass is 19.3. The van der Waals surface area contributed by atoms with E-state index >= 15 is 0 Å². The van der Waals surface area contributed by atoms with Crippen molar-refractivity contribution in [3.05, 3.63) is 12.3 Å². The molecule has 0 aromatic carbocycles. The van der Waals surface area contributed by atoms with E-state index in [1.807, 2.05) is 26.8 Å². The van der Waals surface area contributed by atoms with Crippen LogP contribution in [0.1, 0.15) is 27.2 Å². The van der Waals surface area contributed by atoms with E-state index < -0.39 is 6.93 Å². The molecule has 3 unspecified atom stereocenters. The number of halogens is 2. The van der Waals surface area contributed by atoms with E-state index in [1.54, 1.807) is 11.1 Å². The van der Waals surface area contributed by atoms with E-state index in [0.717, 1.165) is 0 Å². The second-order valence-corrected chi connectivity index (χ2v) is 3.73. The lowest BCUT2D eigenvalue weighted by Crippen LogP contribution is -2.32. The number of aliphatic hydroxyl groups is 1. The fraction of sp³-hybridized carbons (Fsp3) is 0.692. The predicted octanol–water partition coefficient (Wildman–Crippen LogP) is 1.75. The van der Waals surface area contributed by atoms with Crippen molar-refractivity contribution in [3.8, 4) is 0 Å². The molecular formula is C13H22F2N2O4. The Labute approximate surface area is 123 Å². The van der Waals surface area contributed by atoms with Crippen LogP contribution in [0.4, 0.5) is 8.78 Å². The second kappa shape index (κ2) is 11.2. The van der Waals surface area contributed by atoms with Gasteiger partial charge in [0, 0.05) is 12.6 Å². The number of ether oxygens (including phenoxy) is 2. The van der Waals surface area contributed by atoms with Crippen LogP contribution in [0.15, 0.2) is 17.3 Å². The summed E-state index contributed by atoms with van der Waals surface area (Å²) >= 11 is 0. The molecule has 122 valence electrons. The molecule has 6 nitrogen and oxygen atoms in total. The Morgan fingerprint density at radius 3 is 2.57 bits per heavy atom. The number of alkyl halides is 2. The average molecular weight is 308 g/mol. The largest absolute Gasteiger partial charge is 0.456 e. The molecule has 2 heterocycles. The maximum Gasteiger partial charge on any atom is 0.301 e. The lowest BCUT2D eigenvalue weighted by Gasteiger charge is -2.18. The number of carbonyl (C=O) groups excluding carboxylic acids is 1. The summed E-state index contributed by atoms with van der Waals surface area (Å²) in [6.07, 6.45) is 3.91. The molecule has 8 heteroatoms. The monoisotopic (exact) mass is 308 g/mol.